The third kappa shape index (κ3) is 2.70. The normalized spacial score (nSPS) is 24.2. The van der Waals surface area contributed by atoms with Gasteiger partial charge in [-0.05, 0) is 30.8 Å². The first-order valence-electron chi connectivity index (χ1n) is 4.48. The van der Waals surface area contributed by atoms with Crippen LogP contribution in [0.1, 0.15) is 19.8 Å². The van der Waals surface area contributed by atoms with Crippen LogP contribution in [0.2, 0.25) is 0 Å². The highest BCUT2D eigenvalue weighted by Crippen LogP contribution is 2.19. The number of carbonyl (C=O) groups is 1. The van der Waals surface area contributed by atoms with E-state index in [1.807, 2.05) is 16.7 Å². The van der Waals surface area contributed by atoms with Crippen LogP contribution in [-0.2, 0) is 4.79 Å². The summed E-state index contributed by atoms with van der Waals surface area (Å²) in [7, 11) is 0. The lowest BCUT2D eigenvalue weighted by atomic mass is 10.0. The Labute approximate surface area is 78.7 Å². The fourth-order valence-electron chi connectivity index (χ4n) is 1.72. The van der Waals surface area contributed by atoms with Crippen LogP contribution in [0.15, 0.2) is 0 Å². The lowest BCUT2D eigenvalue weighted by Gasteiger charge is -2.31. The average molecular weight is 187 g/mol. The third-order valence-corrected chi connectivity index (χ3v) is 3.17. The topological polar surface area (TPSA) is 20.3 Å². The number of hydrogen-bond acceptors (Lipinski definition) is 2. The molecule has 0 bridgehead atoms. The van der Waals surface area contributed by atoms with Gasteiger partial charge in [0.05, 0.1) is 0 Å². The standard InChI is InChI=1S/C9H17NOS/c1-8(11)10-5-3-4-9(6-10)7-12-2/h9H,3-7H2,1-2H3. The van der Waals surface area contributed by atoms with E-state index in [9.17, 15) is 4.79 Å². The van der Waals surface area contributed by atoms with Crippen LogP contribution in [0.5, 0.6) is 0 Å². The Morgan fingerprint density at radius 1 is 1.67 bits per heavy atom. The summed E-state index contributed by atoms with van der Waals surface area (Å²) < 4.78 is 0. The molecule has 1 heterocycles. The molecule has 3 heteroatoms. The first-order valence-corrected chi connectivity index (χ1v) is 5.88. The maximum absolute atomic E-state index is 11.1. The van der Waals surface area contributed by atoms with E-state index in [4.69, 9.17) is 0 Å². The van der Waals surface area contributed by atoms with Crippen molar-refractivity contribution in [3.8, 4) is 0 Å². The number of piperidine rings is 1. The van der Waals surface area contributed by atoms with Gasteiger partial charge in [0.15, 0.2) is 0 Å². The minimum absolute atomic E-state index is 0.237. The van der Waals surface area contributed by atoms with E-state index in [1.165, 1.54) is 18.6 Å². The number of hydrogen-bond donors (Lipinski definition) is 0. The molecule has 1 aliphatic heterocycles. The second-order valence-corrected chi connectivity index (χ2v) is 4.34. The number of thioether (sulfide) groups is 1. The number of likely N-dealkylation sites (tertiary alicyclic amines) is 1. The van der Waals surface area contributed by atoms with Crippen LogP contribution in [0.25, 0.3) is 0 Å². The molecule has 0 spiro atoms. The SMILES string of the molecule is CSCC1CCCN(C(C)=O)C1. The zero-order valence-electron chi connectivity index (χ0n) is 7.88. The molecule has 1 aliphatic rings. The molecule has 0 aromatic rings. The maximum atomic E-state index is 11.1. The molecule has 12 heavy (non-hydrogen) atoms. The number of rotatable bonds is 2. The summed E-state index contributed by atoms with van der Waals surface area (Å²) in [5.41, 5.74) is 0. The molecular weight excluding hydrogens is 170 g/mol. The highest BCUT2D eigenvalue weighted by Gasteiger charge is 2.20. The molecule has 0 N–H and O–H groups in total. The van der Waals surface area contributed by atoms with E-state index in [0.717, 1.165) is 19.0 Å². The first kappa shape index (κ1) is 9.90. The highest BCUT2D eigenvalue weighted by atomic mass is 32.2. The monoisotopic (exact) mass is 187 g/mol. The lowest BCUT2D eigenvalue weighted by Crippen LogP contribution is -2.39. The average Bonchev–Trinajstić information content (AvgIpc) is 2.05. The molecule has 1 amide bonds. The summed E-state index contributed by atoms with van der Waals surface area (Å²) in [5.74, 6) is 2.17. The summed E-state index contributed by atoms with van der Waals surface area (Å²) in [6.07, 6.45) is 4.61. The summed E-state index contributed by atoms with van der Waals surface area (Å²) in [6, 6.07) is 0. The van der Waals surface area contributed by atoms with Crippen molar-refractivity contribution in [1.29, 1.82) is 0 Å². The van der Waals surface area contributed by atoms with Gasteiger partial charge in [0, 0.05) is 20.0 Å². The number of carbonyl (C=O) groups excluding carboxylic acids is 1. The van der Waals surface area contributed by atoms with Crippen LogP contribution in [0, 0.1) is 5.92 Å². The zero-order chi connectivity index (χ0) is 8.97. The summed E-state index contributed by atoms with van der Waals surface area (Å²) in [5, 5.41) is 0. The molecule has 70 valence electrons. The fourth-order valence-corrected chi connectivity index (χ4v) is 2.47. The van der Waals surface area contributed by atoms with E-state index in [2.05, 4.69) is 6.26 Å². The molecule has 1 atom stereocenters. The van der Waals surface area contributed by atoms with E-state index >= 15 is 0 Å². The van der Waals surface area contributed by atoms with Gasteiger partial charge in [-0.1, -0.05) is 0 Å². The van der Waals surface area contributed by atoms with Gasteiger partial charge in [-0.25, -0.2) is 0 Å². The van der Waals surface area contributed by atoms with Gasteiger partial charge >= 0.3 is 0 Å². The molecule has 0 radical (unpaired) electrons. The molecule has 0 aromatic carbocycles. The second-order valence-electron chi connectivity index (χ2n) is 3.43. The molecule has 1 fully saturated rings. The van der Waals surface area contributed by atoms with Crippen LogP contribution in [0.4, 0.5) is 0 Å². The maximum Gasteiger partial charge on any atom is 0.219 e. The van der Waals surface area contributed by atoms with Gasteiger partial charge < -0.3 is 4.90 Å². The van der Waals surface area contributed by atoms with Crippen molar-refractivity contribution in [3.05, 3.63) is 0 Å². The van der Waals surface area contributed by atoms with Gasteiger partial charge in [0.1, 0.15) is 0 Å². The van der Waals surface area contributed by atoms with Crippen molar-refractivity contribution in [2.45, 2.75) is 19.8 Å². The highest BCUT2D eigenvalue weighted by molar-refractivity contribution is 7.98. The minimum Gasteiger partial charge on any atom is -0.343 e. The van der Waals surface area contributed by atoms with Crippen molar-refractivity contribution >= 4 is 17.7 Å². The van der Waals surface area contributed by atoms with Crippen molar-refractivity contribution in [1.82, 2.24) is 4.90 Å². The van der Waals surface area contributed by atoms with Gasteiger partial charge in [0.2, 0.25) is 5.91 Å². The lowest BCUT2D eigenvalue weighted by molar-refractivity contribution is -0.130. The Bertz CT molecular complexity index is 159. The minimum atomic E-state index is 0.237. The fraction of sp³-hybridized carbons (Fsp3) is 0.889. The Balaban J connectivity index is 2.35. The third-order valence-electron chi connectivity index (χ3n) is 2.37. The predicted molar refractivity (Wildman–Crippen MR) is 53.4 cm³/mol. The molecule has 1 saturated heterocycles. The smallest absolute Gasteiger partial charge is 0.219 e. The van der Waals surface area contributed by atoms with Crippen LogP contribution in [-0.4, -0.2) is 35.9 Å². The van der Waals surface area contributed by atoms with Crippen LogP contribution < -0.4 is 0 Å². The van der Waals surface area contributed by atoms with Gasteiger partial charge in [0.25, 0.3) is 0 Å². The quantitative estimate of drug-likeness (QED) is 0.654. The molecule has 0 saturated carbocycles. The Kier molecular flexibility index (Phi) is 3.92. The van der Waals surface area contributed by atoms with Crippen molar-refractivity contribution in [2.75, 3.05) is 25.1 Å². The van der Waals surface area contributed by atoms with Gasteiger partial charge in [-0.3, -0.25) is 4.79 Å². The summed E-state index contributed by atoms with van der Waals surface area (Å²) in [4.78, 5) is 13.0. The summed E-state index contributed by atoms with van der Waals surface area (Å²) in [6.45, 7) is 3.62. The van der Waals surface area contributed by atoms with Crippen molar-refractivity contribution < 1.29 is 4.79 Å². The van der Waals surface area contributed by atoms with Crippen molar-refractivity contribution in [3.63, 3.8) is 0 Å². The Hall–Kier alpha value is -0.180. The molecule has 2 nitrogen and oxygen atoms in total. The first-order chi connectivity index (χ1) is 5.74. The van der Waals surface area contributed by atoms with Crippen LogP contribution >= 0.6 is 11.8 Å². The molecule has 0 aliphatic carbocycles. The molecule has 0 aromatic heterocycles. The Morgan fingerprint density at radius 3 is 3.00 bits per heavy atom. The predicted octanol–water partition coefficient (Wildman–Crippen LogP) is 1.61. The molecule has 1 unspecified atom stereocenters. The van der Waals surface area contributed by atoms with E-state index in [0.29, 0.717) is 0 Å². The van der Waals surface area contributed by atoms with Gasteiger partial charge in [-0.2, -0.15) is 11.8 Å². The Morgan fingerprint density at radius 2 is 2.42 bits per heavy atom. The summed E-state index contributed by atoms with van der Waals surface area (Å²) >= 11 is 1.88. The number of nitrogens with zero attached hydrogens (tertiary/aromatic N) is 1. The van der Waals surface area contributed by atoms with E-state index in [-0.39, 0.29) is 5.91 Å². The second kappa shape index (κ2) is 4.75. The van der Waals surface area contributed by atoms with Gasteiger partial charge in [-0.15, -0.1) is 0 Å². The number of amides is 1. The zero-order valence-corrected chi connectivity index (χ0v) is 8.69. The van der Waals surface area contributed by atoms with Crippen LogP contribution in [0.3, 0.4) is 0 Å². The van der Waals surface area contributed by atoms with E-state index in [1.54, 1.807) is 6.92 Å². The largest absolute Gasteiger partial charge is 0.343 e. The molecular formula is C9H17NOS. The van der Waals surface area contributed by atoms with E-state index < -0.39 is 0 Å². The molecule has 1 rings (SSSR count). The van der Waals surface area contributed by atoms with Crippen molar-refractivity contribution in [2.24, 2.45) is 5.92 Å².